The number of hydrogen-bond acceptors (Lipinski definition) is 3. The average molecular weight is 444 g/mol. The number of rotatable bonds is 8. The highest BCUT2D eigenvalue weighted by Crippen LogP contribution is 2.44. The smallest absolute Gasteiger partial charge is 0.230 e. The topological polar surface area (TPSA) is 47.6 Å². The third-order valence-electron chi connectivity index (χ3n) is 5.92. The zero-order chi connectivity index (χ0) is 22.8. The van der Waals surface area contributed by atoms with E-state index in [0.29, 0.717) is 11.6 Å². The molecule has 1 aliphatic rings. The fraction of sp³-hybridized carbons (Fsp3) is 0.500. The molecule has 0 unspecified atom stereocenters. The summed E-state index contributed by atoms with van der Waals surface area (Å²) in [7, 11) is 0. The molecule has 1 N–H and O–H groups in total. The first-order valence-corrected chi connectivity index (χ1v) is 11.4. The Morgan fingerprint density at radius 2 is 1.84 bits per heavy atom. The number of aryl methyl sites for hydroxylation is 2. The third kappa shape index (κ3) is 5.74. The molecule has 1 amide bonds. The Balaban J connectivity index is 1.56. The van der Waals surface area contributed by atoms with Crippen molar-refractivity contribution < 1.29 is 14.3 Å². The van der Waals surface area contributed by atoms with E-state index in [0.717, 1.165) is 48.4 Å². The van der Waals surface area contributed by atoms with Gasteiger partial charge in [0.25, 0.3) is 0 Å². The number of benzene rings is 2. The quantitative estimate of drug-likeness (QED) is 0.452. The molecule has 0 saturated carbocycles. The molecule has 3 rings (SSSR count). The van der Waals surface area contributed by atoms with Crippen LogP contribution in [0.4, 0.5) is 5.69 Å². The van der Waals surface area contributed by atoms with Gasteiger partial charge in [-0.2, -0.15) is 0 Å². The van der Waals surface area contributed by atoms with Crippen LogP contribution >= 0.6 is 11.6 Å². The normalized spacial score (nSPS) is 14.7. The summed E-state index contributed by atoms with van der Waals surface area (Å²) in [4.78, 5) is 13.1. The summed E-state index contributed by atoms with van der Waals surface area (Å²) in [5.74, 6) is 1.67. The van der Waals surface area contributed by atoms with Crippen LogP contribution < -0.4 is 14.8 Å². The second-order valence-electron chi connectivity index (χ2n) is 9.83. The number of amides is 1. The Morgan fingerprint density at radius 1 is 1.16 bits per heavy atom. The van der Waals surface area contributed by atoms with Gasteiger partial charge in [0.1, 0.15) is 17.1 Å². The van der Waals surface area contributed by atoms with Gasteiger partial charge in [-0.15, -0.1) is 0 Å². The Kier molecular flexibility index (Phi) is 6.90. The first-order chi connectivity index (χ1) is 14.5. The molecule has 0 atom stereocenters. The molecule has 1 aliphatic heterocycles. The standard InChI is InChI=1S/C26H34ClNO3/c1-17-15-18(2)22(23-21(17)16-26(5,6)31-23)28-24(29)25(3,4)13-7-8-14-30-20-11-9-19(27)10-12-20/h9-12,15H,7-8,13-14,16H2,1-6H3,(H,28,29). The summed E-state index contributed by atoms with van der Waals surface area (Å²) in [6, 6.07) is 9.51. The summed E-state index contributed by atoms with van der Waals surface area (Å²) < 4.78 is 12.0. The number of unbranched alkanes of at least 4 members (excludes halogenated alkanes) is 1. The lowest BCUT2D eigenvalue weighted by molar-refractivity contribution is -0.124. The second-order valence-corrected chi connectivity index (χ2v) is 10.3. The number of nitrogens with one attached hydrogen (secondary N) is 1. The van der Waals surface area contributed by atoms with E-state index in [4.69, 9.17) is 21.1 Å². The molecular formula is C26H34ClNO3. The largest absolute Gasteiger partial charge is 0.494 e. The summed E-state index contributed by atoms with van der Waals surface area (Å²) >= 11 is 5.89. The molecule has 0 saturated heterocycles. The molecule has 2 aromatic rings. The number of ether oxygens (including phenoxy) is 2. The van der Waals surface area contributed by atoms with Gasteiger partial charge in [0.15, 0.2) is 0 Å². The van der Waals surface area contributed by atoms with Crippen molar-refractivity contribution in [3.05, 3.63) is 52.0 Å². The van der Waals surface area contributed by atoms with Gasteiger partial charge in [-0.1, -0.05) is 31.5 Å². The van der Waals surface area contributed by atoms with Gasteiger partial charge in [-0.3, -0.25) is 4.79 Å². The summed E-state index contributed by atoms with van der Waals surface area (Å²) in [6.07, 6.45) is 3.43. The van der Waals surface area contributed by atoms with E-state index in [2.05, 4.69) is 32.2 Å². The van der Waals surface area contributed by atoms with Gasteiger partial charge in [-0.25, -0.2) is 0 Å². The molecule has 2 aromatic carbocycles. The van der Waals surface area contributed by atoms with Gasteiger partial charge < -0.3 is 14.8 Å². The van der Waals surface area contributed by atoms with Crippen LogP contribution in [0, 0.1) is 19.3 Å². The maximum Gasteiger partial charge on any atom is 0.230 e. The van der Waals surface area contributed by atoms with Crippen molar-refractivity contribution in [2.24, 2.45) is 5.41 Å². The van der Waals surface area contributed by atoms with Crippen molar-refractivity contribution in [3.63, 3.8) is 0 Å². The highest BCUT2D eigenvalue weighted by molar-refractivity contribution is 6.30. The second kappa shape index (κ2) is 9.12. The molecule has 168 valence electrons. The first-order valence-electron chi connectivity index (χ1n) is 11.0. The van der Waals surface area contributed by atoms with Crippen molar-refractivity contribution in [1.82, 2.24) is 0 Å². The van der Waals surface area contributed by atoms with Crippen molar-refractivity contribution >= 4 is 23.2 Å². The Labute approximate surface area is 191 Å². The molecule has 0 spiro atoms. The molecule has 1 heterocycles. The maximum absolute atomic E-state index is 13.1. The van der Waals surface area contributed by atoms with Crippen molar-refractivity contribution in [1.29, 1.82) is 0 Å². The number of hydrogen-bond donors (Lipinski definition) is 1. The minimum atomic E-state index is -0.487. The minimum absolute atomic E-state index is 0.0218. The molecular weight excluding hydrogens is 410 g/mol. The van der Waals surface area contributed by atoms with Gasteiger partial charge in [-0.05, 0) is 82.3 Å². The van der Waals surface area contributed by atoms with E-state index in [-0.39, 0.29) is 11.5 Å². The van der Waals surface area contributed by atoms with Crippen molar-refractivity contribution in [2.45, 2.75) is 72.8 Å². The zero-order valence-corrected chi connectivity index (χ0v) is 20.3. The molecule has 0 fully saturated rings. The van der Waals surface area contributed by atoms with Crippen LogP contribution in [0.1, 0.15) is 63.6 Å². The lowest BCUT2D eigenvalue weighted by Gasteiger charge is -2.25. The zero-order valence-electron chi connectivity index (χ0n) is 19.5. The number of carbonyl (C=O) groups excluding carboxylic acids is 1. The molecule has 0 bridgehead atoms. The van der Waals surface area contributed by atoms with E-state index in [1.165, 1.54) is 11.1 Å². The molecule has 4 nitrogen and oxygen atoms in total. The van der Waals surface area contributed by atoms with E-state index in [9.17, 15) is 4.79 Å². The monoisotopic (exact) mass is 443 g/mol. The highest BCUT2D eigenvalue weighted by Gasteiger charge is 2.35. The Morgan fingerprint density at radius 3 is 2.52 bits per heavy atom. The molecule has 0 aliphatic carbocycles. The van der Waals surface area contributed by atoms with E-state index < -0.39 is 5.41 Å². The number of anilines is 1. The van der Waals surface area contributed by atoms with E-state index >= 15 is 0 Å². The first kappa shape index (κ1) is 23.5. The predicted octanol–water partition coefficient (Wildman–Crippen LogP) is 6.88. The molecule has 0 aromatic heterocycles. The maximum atomic E-state index is 13.1. The van der Waals surface area contributed by atoms with E-state index in [1.54, 1.807) is 0 Å². The fourth-order valence-electron chi connectivity index (χ4n) is 4.00. The predicted molar refractivity (Wildman–Crippen MR) is 128 cm³/mol. The fourth-order valence-corrected chi connectivity index (χ4v) is 4.13. The number of halogens is 1. The van der Waals surface area contributed by atoms with Crippen molar-refractivity contribution in [2.75, 3.05) is 11.9 Å². The Bertz CT molecular complexity index is 948. The van der Waals surface area contributed by atoms with Gasteiger partial charge in [0.2, 0.25) is 5.91 Å². The number of fused-ring (bicyclic) bond motifs is 1. The number of carbonyl (C=O) groups is 1. The van der Waals surface area contributed by atoms with Gasteiger partial charge in [0.05, 0.1) is 12.3 Å². The summed E-state index contributed by atoms with van der Waals surface area (Å²) in [5, 5.41) is 3.88. The minimum Gasteiger partial charge on any atom is -0.494 e. The van der Waals surface area contributed by atoms with Crippen molar-refractivity contribution in [3.8, 4) is 11.5 Å². The molecule has 31 heavy (non-hydrogen) atoms. The van der Waals surface area contributed by atoms with Crippen LogP contribution in [-0.4, -0.2) is 18.1 Å². The average Bonchev–Trinajstić information content (AvgIpc) is 3.02. The third-order valence-corrected chi connectivity index (χ3v) is 6.17. The van der Waals surface area contributed by atoms with Crippen LogP contribution in [0.2, 0.25) is 5.02 Å². The summed E-state index contributed by atoms with van der Waals surface area (Å²) in [5.41, 5.74) is 3.53. The highest BCUT2D eigenvalue weighted by atomic mass is 35.5. The van der Waals surface area contributed by atoms with Gasteiger partial charge in [0, 0.05) is 22.4 Å². The van der Waals surface area contributed by atoms with Crippen LogP contribution in [0.25, 0.3) is 0 Å². The van der Waals surface area contributed by atoms with Gasteiger partial charge >= 0.3 is 0 Å². The van der Waals surface area contributed by atoms with E-state index in [1.807, 2.05) is 45.0 Å². The lowest BCUT2D eigenvalue weighted by Crippen LogP contribution is -2.31. The summed E-state index contributed by atoms with van der Waals surface area (Å²) in [6.45, 7) is 12.9. The SMILES string of the molecule is Cc1cc(C)c(NC(=O)C(C)(C)CCCCOc2ccc(Cl)cc2)c2c1CC(C)(C)O2. The van der Waals surface area contributed by atoms with Crippen LogP contribution in [0.5, 0.6) is 11.5 Å². The molecule has 5 heteroatoms. The van der Waals surface area contributed by atoms with Crippen LogP contribution in [0.3, 0.4) is 0 Å². The Hall–Kier alpha value is -2.20. The molecule has 0 radical (unpaired) electrons. The lowest BCUT2D eigenvalue weighted by atomic mass is 9.86. The van der Waals surface area contributed by atoms with Crippen LogP contribution in [0.15, 0.2) is 30.3 Å². The van der Waals surface area contributed by atoms with Crippen LogP contribution in [-0.2, 0) is 11.2 Å².